The van der Waals surface area contributed by atoms with Gasteiger partial charge in [-0.15, -0.1) is 0 Å². The third-order valence-electron chi connectivity index (χ3n) is 3.75. The lowest BCUT2D eigenvalue weighted by Crippen LogP contribution is -2.40. The molecule has 0 radical (unpaired) electrons. The van der Waals surface area contributed by atoms with E-state index in [0.717, 1.165) is 0 Å². The first-order valence-corrected chi connectivity index (χ1v) is 7.70. The van der Waals surface area contributed by atoms with Crippen LogP contribution in [0.3, 0.4) is 0 Å². The van der Waals surface area contributed by atoms with E-state index in [9.17, 15) is 14.3 Å². The van der Waals surface area contributed by atoms with Crippen molar-refractivity contribution in [2.75, 3.05) is 11.9 Å². The summed E-state index contributed by atoms with van der Waals surface area (Å²) in [5.41, 5.74) is -0.613. The fourth-order valence-electron chi connectivity index (χ4n) is 2.37. The van der Waals surface area contributed by atoms with Gasteiger partial charge in [-0.3, -0.25) is 0 Å². The number of amides is 2. The molecule has 0 aliphatic rings. The Morgan fingerprint density at radius 2 is 2.04 bits per heavy atom. The number of anilines is 1. The zero-order valence-corrected chi connectivity index (χ0v) is 13.6. The van der Waals surface area contributed by atoms with E-state index in [4.69, 9.17) is 4.42 Å². The van der Waals surface area contributed by atoms with E-state index in [0.29, 0.717) is 11.4 Å². The average Bonchev–Trinajstić information content (AvgIpc) is 3.29. The predicted molar refractivity (Wildman–Crippen MR) is 91.0 cm³/mol. The maximum Gasteiger partial charge on any atom is 0.319 e. The SMILES string of the molecule is C[C@](O)(CNC(=O)Nc1cc(-n2cccc2)ccc1F)c1ccco1. The van der Waals surface area contributed by atoms with Gasteiger partial charge in [0, 0.05) is 18.1 Å². The average molecular weight is 343 g/mol. The Labute approximate surface area is 143 Å². The molecule has 0 unspecified atom stereocenters. The van der Waals surface area contributed by atoms with Crippen molar-refractivity contribution in [2.24, 2.45) is 0 Å². The Morgan fingerprint density at radius 3 is 2.72 bits per heavy atom. The van der Waals surface area contributed by atoms with E-state index in [1.165, 1.54) is 25.3 Å². The molecule has 2 heterocycles. The zero-order valence-electron chi connectivity index (χ0n) is 13.6. The molecule has 2 aromatic heterocycles. The highest BCUT2D eigenvalue weighted by Crippen LogP contribution is 2.21. The van der Waals surface area contributed by atoms with Gasteiger partial charge < -0.3 is 24.7 Å². The number of nitrogens with zero attached hydrogens (tertiary/aromatic N) is 1. The maximum atomic E-state index is 14.0. The Kier molecular flexibility index (Phi) is 4.58. The second-order valence-electron chi connectivity index (χ2n) is 5.81. The Balaban J connectivity index is 1.66. The van der Waals surface area contributed by atoms with Crippen LogP contribution in [0.4, 0.5) is 14.9 Å². The summed E-state index contributed by atoms with van der Waals surface area (Å²) in [6, 6.07) is 10.7. The number of urea groups is 1. The smallest absolute Gasteiger partial charge is 0.319 e. The van der Waals surface area contributed by atoms with Gasteiger partial charge in [-0.05, 0) is 49.4 Å². The number of furan rings is 1. The van der Waals surface area contributed by atoms with Crippen molar-refractivity contribution in [3.8, 4) is 5.69 Å². The lowest BCUT2D eigenvalue weighted by molar-refractivity contribution is 0.0372. The molecule has 25 heavy (non-hydrogen) atoms. The Morgan fingerprint density at radius 1 is 1.28 bits per heavy atom. The molecule has 0 aliphatic carbocycles. The number of hydrogen-bond donors (Lipinski definition) is 3. The summed E-state index contributed by atoms with van der Waals surface area (Å²) in [7, 11) is 0. The molecule has 130 valence electrons. The van der Waals surface area contributed by atoms with Gasteiger partial charge >= 0.3 is 6.03 Å². The number of carbonyl (C=O) groups excluding carboxylic acids is 1. The highest BCUT2D eigenvalue weighted by molar-refractivity contribution is 5.89. The molecule has 3 rings (SSSR count). The van der Waals surface area contributed by atoms with E-state index < -0.39 is 17.4 Å². The molecule has 0 bridgehead atoms. The molecule has 2 amide bonds. The number of halogens is 1. The van der Waals surface area contributed by atoms with Gasteiger partial charge in [0.05, 0.1) is 18.5 Å². The summed E-state index contributed by atoms with van der Waals surface area (Å²) in [5, 5.41) is 15.3. The lowest BCUT2D eigenvalue weighted by Gasteiger charge is -2.21. The zero-order chi connectivity index (χ0) is 17.9. The number of benzene rings is 1. The lowest BCUT2D eigenvalue weighted by atomic mass is 10.0. The largest absolute Gasteiger partial charge is 0.466 e. The molecule has 0 saturated heterocycles. The summed E-state index contributed by atoms with van der Waals surface area (Å²) in [5.74, 6) is -0.225. The Hall–Kier alpha value is -3.06. The molecule has 1 atom stereocenters. The predicted octanol–water partition coefficient (Wildman–Crippen LogP) is 3.24. The van der Waals surface area contributed by atoms with Crippen LogP contribution in [0.25, 0.3) is 5.69 Å². The van der Waals surface area contributed by atoms with Gasteiger partial charge in [0.25, 0.3) is 0 Å². The minimum Gasteiger partial charge on any atom is -0.466 e. The molecule has 3 aromatic rings. The topological polar surface area (TPSA) is 79.4 Å². The van der Waals surface area contributed by atoms with Crippen LogP contribution in [0.1, 0.15) is 12.7 Å². The van der Waals surface area contributed by atoms with Gasteiger partial charge in [0.2, 0.25) is 0 Å². The van der Waals surface area contributed by atoms with Crippen molar-refractivity contribution >= 4 is 11.7 Å². The second-order valence-corrected chi connectivity index (χ2v) is 5.81. The normalized spacial score (nSPS) is 13.2. The van der Waals surface area contributed by atoms with Gasteiger partial charge in [-0.1, -0.05) is 0 Å². The molecule has 0 aliphatic heterocycles. The van der Waals surface area contributed by atoms with E-state index in [1.54, 1.807) is 22.8 Å². The summed E-state index contributed by atoms with van der Waals surface area (Å²) < 4.78 is 20.9. The van der Waals surface area contributed by atoms with Crippen molar-refractivity contribution in [3.63, 3.8) is 0 Å². The summed E-state index contributed by atoms with van der Waals surface area (Å²) >= 11 is 0. The Bertz CT molecular complexity index is 843. The summed E-state index contributed by atoms with van der Waals surface area (Å²) in [6.45, 7) is 1.42. The molecule has 0 saturated carbocycles. The van der Waals surface area contributed by atoms with E-state index >= 15 is 0 Å². The van der Waals surface area contributed by atoms with Crippen LogP contribution >= 0.6 is 0 Å². The summed E-state index contributed by atoms with van der Waals surface area (Å²) in [4.78, 5) is 12.0. The number of hydrogen-bond acceptors (Lipinski definition) is 3. The van der Waals surface area contributed by atoms with E-state index in [1.807, 2.05) is 24.5 Å². The molecule has 3 N–H and O–H groups in total. The standard InChI is InChI=1S/C18H18FN3O3/c1-18(24,16-5-4-10-25-16)12-20-17(23)21-15-11-13(6-7-14(15)19)22-8-2-3-9-22/h2-11,24H,12H2,1H3,(H2,20,21,23)/t18-/m0/s1. The quantitative estimate of drug-likeness (QED) is 0.665. The van der Waals surface area contributed by atoms with Crippen LogP contribution in [-0.4, -0.2) is 22.2 Å². The van der Waals surface area contributed by atoms with E-state index in [-0.39, 0.29) is 12.2 Å². The van der Waals surface area contributed by atoms with Crippen molar-refractivity contribution in [1.82, 2.24) is 9.88 Å². The van der Waals surface area contributed by atoms with Crippen molar-refractivity contribution in [1.29, 1.82) is 0 Å². The van der Waals surface area contributed by atoms with Gasteiger partial charge in [0.1, 0.15) is 17.2 Å². The van der Waals surface area contributed by atoms with Gasteiger partial charge in [0.15, 0.2) is 0 Å². The van der Waals surface area contributed by atoms with Crippen molar-refractivity contribution < 1.29 is 18.7 Å². The highest BCUT2D eigenvalue weighted by Gasteiger charge is 2.26. The summed E-state index contributed by atoms with van der Waals surface area (Å²) in [6.07, 6.45) is 5.07. The number of carbonyl (C=O) groups is 1. The maximum absolute atomic E-state index is 14.0. The molecule has 0 spiro atoms. The van der Waals surface area contributed by atoms with Crippen LogP contribution in [0.15, 0.2) is 65.5 Å². The van der Waals surface area contributed by atoms with Gasteiger partial charge in [-0.2, -0.15) is 0 Å². The molecular formula is C18H18FN3O3. The van der Waals surface area contributed by atoms with Crippen LogP contribution in [0.2, 0.25) is 0 Å². The van der Waals surface area contributed by atoms with Crippen LogP contribution < -0.4 is 10.6 Å². The minimum absolute atomic E-state index is 0.0429. The molecular weight excluding hydrogens is 325 g/mol. The molecule has 6 nitrogen and oxygen atoms in total. The van der Waals surface area contributed by atoms with E-state index in [2.05, 4.69) is 10.6 Å². The molecule has 7 heteroatoms. The van der Waals surface area contributed by atoms with Crippen LogP contribution in [-0.2, 0) is 5.60 Å². The number of aromatic nitrogens is 1. The third-order valence-corrected chi connectivity index (χ3v) is 3.75. The third kappa shape index (κ3) is 3.89. The van der Waals surface area contributed by atoms with Crippen LogP contribution in [0, 0.1) is 5.82 Å². The monoisotopic (exact) mass is 343 g/mol. The van der Waals surface area contributed by atoms with Crippen LogP contribution in [0.5, 0.6) is 0 Å². The fraction of sp³-hybridized carbons (Fsp3) is 0.167. The van der Waals surface area contributed by atoms with Crippen molar-refractivity contribution in [3.05, 3.63) is 72.7 Å². The first-order valence-electron chi connectivity index (χ1n) is 7.70. The molecule has 1 aromatic carbocycles. The van der Waals surface area contributed by atoms with Gasteiger partial charge in [-0.25, -0.2) is 9.18 Å². The number of rotatable bonds is 5. The fourth-order valence-corrected chi connectivity index (χ4v) is 2.37. The highest BCUT2D eigenvalue weighted by atomic mass is 19.1. The second kappa shape index (κ2) is 6.82. The number of aliphatic hydroxyl groups is 1. The molecule has 0 fully saturated rings. The minimum atomic E-state index is -1.37. The van der Waals surface area contributed by atoms with Crippen molar-refractivity contribution in [2.45, 2.75) is 12.5 Å². The first-order chi connectivity index (χ1) is 12.0. The number of nitrogens with one attached hydrogen (secondary N) is 2. The first kappa shape index (κ1) is 16.8.